The van der Waals surface area contributed by atoms with Crippen molar-refractivity contribution in [2.24, 2.45) is 5.92 Å². The molecule has 1 unspecified atom stereocenters. The second-order valence-electron chi connectivity index (χ2n) is 3.75. The van der Waals surface area contributed by atoms with Crippen molar-refractivity contribution in [1.82, 2.24) is 0 Å². The normalized spacial score (nSPS) is 13.0. The van der Waals surface area contributed by atoms with Crippen molar-refractivity contribution in [2.45, 2.75) is 46.1 Å². The molecule has 0 spiro atoms. The van der Waals surface area contributed by atoms with Crippen LogP contribution in [0.5, 0.6) is 0 Å². The number of rotatable bonds is 6. The molecule has 0 amide bonds. The molecule has 0 aliphatic rings. The third-order valence-electron chi connectivity index (χ3n) is 1.93. The van der Waals surface area contributed by atoms with Crippen molar-refractivity contribution in [2.75, 3.05) is 0 Å². The smallest absolute Gasteiger partial charge is 0.163 e. The van der Waals surface area contributed by atoms with E-state index in [1.54, 1.807) is 20.8 Å². The minimum atomic E-state index is -0.834. The van der Waals surface area contributed by atoms with E-state index in [0.29, 0.717) is 18.6 Å². The summed E-state index contributed by atoms with van der Waals surface area (Å²) in [6.45, 7) is 5.30. The summed E-state index contributed by atoms with van der Waals surface area (Å²) >= 11 is 0. The summed E-state index contributed by atoms with van der Waals surface area (Å²) in [5, 5.41) is 16.5. The van der Waals surface area contributed by atoms with Gasteiger partial charge in [-0.2, -0.15) is 0 Å². The maximum atomic E-state index is 11.2. The number of Topliss-reactive ketones (excluding diaryl/α,β-unsaturated/α-hetero) is 1. The van der Waals surface area contributed by atoms with E-state index >= 15 is 0 Å². The Hall–Kier alpha value is -0.700. The molecule has 2 N–H and O–H groups in total. The summed E-state index contributed by atoms with van der Waals surface area (Å²) in [5.41, 5.74) is 0.601. The van der Waals surface area contributed by atoms with Crippen molar-refractivity contribution in [3.8, 4) is 0 Å². The second kappa shape index (κ2) is 5.86. The Morgan fingerprint density at radius 1 is 1.46 bits per heavy atom. The lowest BCUT2D eigenvalue weighted by Gasteiger charge is -2.11. The first-order valence-electron chi connectivity index (χ1n) is 4.71. The van der Waals surface area contributed by atoms with Crippen LogP contribution in [-0.2, 0) is 4.79 Å². The van der Waals surface area contributed by atoms with Crippen molar-refractivity contribution in [1.29, 1.82) is 5.41 Å². The van der Waals surface area contributed by atoms with E-state index < -0.39 is 6.10 Å². The molecule has 0 aromatic heterocycles. The van der Waals surface area contributed by atoms with Crippen LogP contribution in [0.25, 0.3) is 0 Å². The van der Waals surface area contributed by atoms with Crippen molar-refractivity contribution >= 4 is 11.5 Å². The summed E-state index contributed by atoms with van der Waals surface area (Å²) in [4.78, 5) is 11.2. The number of carbonyl (C=O) groups excluding carboxylic acids is 1. The molecule has 0 radical (unpaired) electrons. The number of ketones is 1. The summed E-state index contributed by atoms with van der Waals surface area (Å²) < 4.78 is 0. The fourth-order valence-electron chi connectivity index (χ4n) is 1.09. The Kier molecular flexibility index (Phi) is 5.55. The van der Waals surface area contributed by atoms with Gasteiger partial charge in [-0.3, -0.25) is 4.79 Å². The van der Waals surface area contributed by atoms with Crippen LogP contribution in [-0.4, -0.2) is 22.7 Å². The van der Waals surface area contributed by atoms with E-state index in [2.05, 4.69) is 0 Å². The van der Waals surface area contributed by atoms with E-state index in [0.717, 1.165) is 6.42 Å². The second-order valence-corrected chi connectivity index (χ2v) is 3.75. The average Bonchev–Trinajstić information content (AvgIpc) is 2.02. The molecular weight excluding hydrogens is 166 g/mol. The highest BCUT2D eigenvalue weighted by molar-refractivity contribution is 5.84. The lowest BCUT2D eigenvalue weighted by molar-refractivity contribution is -0.130. The molecule has 0 heterocycles. The monoisotopic (exact) mass is 185 g/mol. The summed E-state index contributed by atoms with van der Waals surface area (Å²) in [5.74, 6) is -0.196. The molecule has 0 fully saturated rings. The minimum Gasteiger partial charge on any atom is -0.385 e. The maximum Gasteiger partial charge on any atom is 0.163 e. The largest absolute Gasteiger partial charge is 0.385 e. The molecule has 1 atom stereocenters. The van der Waals surface area contributed by atoms with Gasteiger partial charge in [0.15, 0.2) is 5.78 Å². The highest BCUT2D eigenvalue weighted by Crippen LogP contribution is 2.07. The highest BCUT2D eigenvalue weighted by atomic mass is 16.3. The van der Waals surface area contributed by atoms with Crippen LogP contribution in [0.3, 0.4) is 0 Å². The zero-order valence-corrected chi connectivity index (χ0v) is 8.63. The molecule has 0 aliphatic heterocycles. The third-order valence-corrected chi connectivity index (χ3v) is 1.93. The van der Waals surface area contributed by atoms with Crippen LogP contribution in [0.15, 0.2) is 0 Å². The van der Waals surface area contributed by atoms with Crippen LogP contribution < -0.4 is 0 Å². The first-order valence-corrected chi connectivity index (χ1v) is 4.71. The van der Waals surface area contributed by atoms with Gasteiger partial charge < -0.3 is 10.5 Å². The van der Waals surface area contributed by atoms with Gasteiger partial charge in [-0.25, -0.2) is 0 Å². The first-order chi connectivity index (χ1) is 5.95. The quantitative estimate of drug-likeness (QED) is 0.620. The molecule has 0 saturated carbocycles. The molecule has 76 valence electrons. The minimum absolute atomic E-state index is 0.0948. The molecule has 0 rings (SSSR count). The third kappa shape index (κ3) is 5.53. The summed E-state index contributed by atoms with van der Waals surface area (Å²) in [6, 6.07) is 0. The van der Waals surface area contributed by atoms with Gasteiger partial charge in [0.1, 0.15) is 6.10 Å². The fourth-order valence-corrected chi connectivity index (χ4v) is 1.09. The SMILES string of the molecule is CC(=N)CCCC(O)C(=O)C(C)C. The number of hydrogen-bond acceptors (Lipinski definition) is 3. The lowest BCUT2D eigenvalue weighted by atomic mass is 9.99. The van der Waals surface area contributed by atoms with Gasteiger partial charge in [-0.15, -0.1) is 0 Å². The van der Waals surface area contributed by atoms with Gasteiger partial charge in [-0.1, -0.05) is 13.8 Å². The van der Waals surface area contributed by atoms with Gasteiger partial charge in [0.05, 0.1) is 0 Å². The van der Waals surface area contributed by atoms with Crippen LogP contribution in [0.4, 0.5) is 0 Å². The van der Waals surface area contributed by atoms with Gasteiger partial charge in [0.2, 0.25) is 0 Å². The van der Waals surface area contributed by atoms with E-state index in [1.807, 2.05) is 0 Å². The fraction of sp³-hybridized carbons (Fsp3) is 0.800. The summed E-state index contributed by atoms with van der Waals surface area (Å²) in [6.07, 6.45) is 1.03. The molecule has 3 nitrogen and oxygen atoms in total. The molecular formula is C10H19NO2. The molecule has 0 aliphatic carbocycles. The molecule has 13 heavy (non-hydrogen) atoms. The number of aliphatic hydroxyl groups is 1. The lowest BCUT2D eigenvalue weighted by Crippen LogP contribution is -2.24. The maximum absolute atomic E-state index is 11.2. The number of carbonyl (C=O) groups is 1. The Bertz CT molecular complexity index is 187. The standard InChI is InChI=1S/C10H19NO2/c1-7(2)10(13)9(12)6-4-5-8(3)11/h7,9,11-12H,4-6H2,1-3H3. The van der Waals surface area contributed by atoms with Crippen LogP contribution >= 0.6 is 0 Å². The molecule has 3 heteroatoms. The topological polar surface area (TPSA) is 61.1 Å². The zero-order valence-electron chi connectivity index (χ0n) is 8.63. The Morgan fingerprint density at radius 3 is 2.38 bits per heavy atom. The Labute approximate surface area is 79.7 Å². The number of nitrogens with one attached hydrogen (secondary N) is 1. The molecule has 0 aromatic carbocycles. The highest BCUT2D eigenvalue weighted by Gasteiger charge is 2.17. The molecule has 0 aromatic rings. The van der Waals surface area contributed by atoms with Crippen molar-refractivity contribution in [3.63, 3.8) is 0 Å². The predicted octanol–water partition coefficient (Wildman–Crippen LogP) is 1.78. The van der Waals surface area contributed by atoms with Gasteiger partial charge in [0, 0.05) is 11.6 Å². The van der Waals surface area contributed by atoms with Crippen molar-refractivity contribution < 1.29 is 9.90 Å². The van der Waals surface area contributed by atoms with E-state index in [4.69, 9.17) is 5.41 Å². The number of hydrogen-bond donors (Lipinski definition) is 2. The van der Waals surface area contributed by atoms with Gasteiger partial charge in [0.25, 0.3) is 0 Å². The first kappa shape index (κ1) is 12.3. The Morgan fingerprint density at radius 2 is 2.00 bits per heavy atom. The average molecular weight is 185 g/mol. The van der Waals surface area contributed by atoms with E-state index in [-0.39, 0.29) is 11.7 Å². The molecule has 0 bridgehead atoms. The van der Waals surface area contributed by atoms with Gasteiger partial charge in [-0.05, 0) is 26.2 Å². The van der Waals surface area contributed by atoms with Crippen LogP contribution in [0.1, 0.15) is 40.0 Å². The van der Waals surface area contributed by atoms with Gasteiger partial charge >= 0.3 is 0 Å². The van der Waals surface area contributed by atoms with Crippen molar-refractivity contribution in [3.05, 3.63) is 0 Å². The summed E-state index contributed by atoms with van der Waals surface area (Å²) in [7, 11) is 0. The van der Waals surface area contributed by atoms with E-state index in [1.165, 1.54) is 0 Å². The predicted molar refractivity (Wildman–Crippen MR) is 53.1 cm³/mol. The zero-order chi connectivity index (χ0) is 10.4. The van der Waals surface area contributed by atoms with Crippen LogP contribution in [0, 0.1) is 11.3 Å². The Balaban J connectivity index is 3.68. The molecule has 0 saturated heterocycles. The van der Waals surface area contributed by atoms with Crippen LogP contribution in [0.2, 0.25) is 0 Å². The van der Waals surface area contributed by atoms with E-state index in [9.17, 15) is 9.90 Å². The number of aliphatic hydroxyl groups excluding tert-OH is 1.